The van der Waals surface area contributed by atoms with E-state index in [-0.39, 0.29) is 18.7 Å². The van der Waals surface area contributed by atoms with Crippen LogP contribution in [-0.4, -0.2) is 42.9 Å². The lowest BCUT2D eigenvalue weighted by molar-refractivity contribution is -0.943. The van der Waals surface area contributed by atoms with Crippen LogP contribution in [0.5, 0.6) is 0 Å². The van der Waals surface area contributed by atoms with E-state index in [2.05, 4.69) is 7.05 Å². The molecule has 4 nitrogen and oxygen atoms in total. The summed E-state index contributed by atoms with van der Waals surface area (Å²) in [7, 11) is 2.27. The number of rotatable bonds is 4. The number of fused-ring (bicyclic) bond motifs is 2. The van der Waals surface area contributed by atoms with E-state index in [0.717, 1.165) is 18.4 Å². The lowest BCUT2D eigenvalue weighted by Gasteiger charge is -2.43. The van der Waals surface area contributed by atoms with Gasteiger partial charge in [0.25, 0.3) is 0 Å². The number of benzene rings is 1. The molecule has 2 aliphatic heterocycles. The standard InChI is InChI=1S/C18H25NO3/c1-19-14-8-5-9-15(19)11-16(10-14)22-18(21)17(12-20)13-6-3-2-4-7-13/h2-4,6-7,14-17,20H,5,8-12H2,1H3/p+1. The van der Waals surface area contributed by atoms with Crippen LogP contribution in [0.3, 0.4) is 0 Å². The largest absolute Gasteiger partial charge is 0.461 e. The van der Waals surface area contributed by atoms with Crippen molar-refractivity contribution in [2.75, 3.05) is 13.7 Å². The quantitative estimate of drug-likeness (QED) is 0.813. The van der Waals surface area contributed by atoms with Crippen molar-refractivity contribution < 1.29 is 19.5 Å². The van der Waals surface area contributed by atoms with Crippen molar-refractivity contribution in [3.8, 4) is 0 Å². The first kappa shape index (κ1) is 15.5. The van der Waals surface area contributed by atoms with E-state index < -0.39 is 5.92 Å². The first-order valence-corrected chi connectivity index (χ1v) is 8.38. The van der Waals surface area contributed by atoms with Crippen molar-refractivity contribution in [1.29, 1.82) is 0 Å². The molecule has 1 aromatic carbocycles. The van der Waals surface area contributed by atoms with Crippen LogP contribution in [0, 0.1) is 0 Å². The van der Waals surface area contributed by atoms with Gasteiger partial charge in [0.2, 0.25) is 0 Å². The van der Waals surface area contributed by atoms with Gasteiger partial charge in [-0.05, 0) is 24.8 Å². The second-order valence-corrected chi connectivity index (χ2v) is 6.74. The highest BCUT2D eigenvalue weighted by Crippen LogP contribution is 2.26. The van der Waals surface area contributed by atoms with Crippen molar-refractivity contribution in [1.82, 2.24) is 0 Å². The highest BCUT2D eigenvalue weighted by Gasteiger charge is 2.41. The zero-order valence-electron chi connectivity index (χ0n) is 13.2. The molecule has 3 rings (SSSR count). The van der Waals surface area contributed by atoms with Crippen LogP contribution < -0.4 is 4.90 Å². The van der Waals surface area contributed by atoms with Gasteiger partial charge in [0.1, 0.15) is 12.0 Å². The Morgan fingerprint density at radius 2 is 1.91 bits per heavy atom. The topological polar surface area (TPSA) is 51.0 Å². The summed E-state index contributed by atoms with van der Waals surface area (Å²) in [5, 5.41) is 9.58. The number of piperidine rings is 2. The molecule has 4 heteroatoms. The number of hydrogen-bond acceptors (Lipinski definition) is 3. The second-order valence-electron chi connectivity index (χ2n) is 6.74. The number of aliphatic hydroxyl groups excluding tert-OH is 1. The normalized spacial score (nSPS) is 32.3. The zero-order valence-corrected chi connectivity index (χ0v) is 13.2. The van der Waals surface area contributed by atoms with E-state index in [4.69, 9.17) is 4.74 Å². The number of carbonyl (C=O) groups excluding carboxylic acids is 1. The Morgan fingerprint density at radius 1 is 1.27 bits per heavy atom. The summed E-state index contributed by atoms with van der Waals surface area (Å²) in [6, 6.07) is 10.7. The van der Waals surface area contributed by atoms with Crippen LogP contribution in [0.15, 0.2) is 30.3 Å². The molecular formula is C18H26NO3+. The Kier molecular flexibility index (Phi) is 4.79. The maximum Gasteiger partial charge on any atom is 0.316 e. The molecular weight excluding hydrogens is 278 g/mol. The molecule has 0 saturated carbocycles. The van der Waals surface area contributed by atoms with E-state index in [1.165, 1.54) is 19.3 Å². The van der Waals surface area contributed by atoms with Gasteiger partial charge in [-0.2, -0.15) is 0 Å². The van der Waals surface area contributed by atoms with Crippen molar-refractivity contribution in [2.45, 2.75) is 56.2 Å². The van der Waals surface area contributed by atoms with E-state index in [1.54, 1.807) is 4.90 Å². The van der Waals surface area contributed by atoms with Gasteiger partial charge in [0.05, 0.1) is 25.7 Å². The molecule has 0 radical (unpaired) electrons. The van der Waals surface area contributed by atoms with Gasteiger partial charge in [-0.3, -0.25) is 4.79 Å². The van der Waals surface area contributed by atoms with Crippen molar-refractivity contribution in [2.24, 2.45) is 0 Å². The van der Waals surface area contributed by atoms with Crippen LogP contribution in [0.4, 0.5) is 0 Å². The number of carbonyl (C=O) groups is 1. The molecule has 3 unspecified atom stereocenters. The summed E-state index contributed by atoms with van der Waals surface area (Å²) in [5.74, 6) is -0.843. The highest BCUT2D eigenvalue weighted by molar-refractivity contribution is 5.78. The third-order valence-electron chi connectivity index (χ3n) is 5.44. The van der Waals surface area contributed by atoms with Crippen LogP contribution >= 0.6 is 0 Å². The number of hydrogen-bond donors (Lipinski definition) is 2. The number of ether oxygens (including phenoxy) is 1. The van der Waals surface area contributed by atoms with Crippen LogP contribution in [0.25, 0.3) is 0 Å². The average molecular weight is 304 g/mol. The summed E-state index contributed by atoms with van der Waals surface area (Å²) in [5.41, 5.74) is 0.828. The van der Waals surface area contributed by atoms with Crippen LogP contribution in [0.2, 0.25) is 0 Å². The smallest absolute Gasteiger partial charge is 0.316 e. The monoisotopic (exact) mass is 304 g/mol. The molecule has 120 valence electrons. The van der Waals surface area contributed by atoms with E-state index in [0.29, 0.717) is 12.1 Å². The van der Waals surface area contributed by atoms with Gasteiger partial charge < -0.3 is 14.7 Å². The van der Waals surface area contributed by atoms with Crippen molar-refractivity contribution in [3.05, 3.63) is 35.9 Å². The summed E-state index contributed by atoms with van der Waals surface area (Å²) >= 11 is 0. The summed E-state index contributed by atoms with van der Waals surface area (Å²) in [6.07, 6.45) is 5.71. The highest BCUT2D eigenvalue weighted by atomic mass is 16.5. The predicted molar refractivity (Wildman–Crippen MR) is 83.7 cm³/mol. The van der Waals surface area contributed by atoms with Gasteiger partial charge in [0.15, 0.2) is 0 Å². The molecule has 1 aromatic rings. The zero-order chi connectivity index (χ0) is 15.5. The molecule has 2 fully saturated rings. The van der Waals surface area contributed by atoms with E-state index in [1.807, 2.05) is 30.3 Å². The van der Waals surface area contributed by atoms with Gasteiger partial charge in [0, 0.05) is 12.8 Å². The molecule has 0 spiro atoms. The average Bonchev–Trinajstić information content (AvgIpc) is 2.50. The Balaban J connectivity index is 1.64. The van der Waals surface area contributed by atoms with Crippen LogP contribution in [-0.2, 0) is 9.53 Å². The Bertz CT molecular complexity index is 490. The fraction of sp³-hybridized carbons (Fsp3) is 0.611. The molecule has 0 aromatic heterocycles. The minimum absolute atomic E-state index is 0.0178. The van der Waals surface area contributed by atoms with Crippen molar-refractivity contribution >= 4 is 5.97 Å². The molecule has 2 aliphatic rings. The fourth-order valence-electron chi connectivity index (χ4n) is 4.08. The summed E-state index contributed by atoms with van der Waals surface area (Å²) < 4.78 is 5.77. The van der Waals surface area contributed by atoms with Gasteiger partial charge in [-0.25, -0.2) is 0 Å². The minimum Gasteiger partial charge on any atom is -0.461 e. The van der Waals surface area contributed by atoms with E-state index >= 15 is 0 Å². The lowest BCUT2D eigenvalue weighted by atomic mass is 9.83. The van der Waals surface area contributed by atoms with Crippen LogP contribution in [0.1, 0.15) is 43.6 Å². The Labute approximate surface area is 132 Å². The number of nitrogens with one attached hydrogen (secondary N) is 1. The fourth-order valence-corrected chi connectivity index (χ4v) is 4.08. The first-order valence-electron chi connectivity index (χ1n) is 8.38. The number of aliphatic hydroxyl groups is 1. The maximum absolute atomic E-state index is 12.5. The third kappa shape index (κ3) is 3.18. The van der Waals surface area contributed by atoms with Gasteiger partial charge in [-0.15, -0.1) is 0 Å². The Morgan fingerprint density at radius 3 is 2.50 bits per heavy atom. The summed E-state index contributed by atoms with van der Waals surface area (Å²) in [6.45, 7) is -0.201. The molecule has 2 N–H and O–H groups in total. The Hall–Kier alpha value is -1.39. The molecule has 22 heavy (non-hydrogen) atoms. The SMILES string of the molecule is C[NH+]1C2CCCC1CC(OC(=O)C(CO)c1ccccc1)C2. The first-order chi connectivity index (χ1) is 10.7. The van der Waals surface area contributed by atoms with Crippen molar-refractivity contribution in [3.63, 3.8) is 0 Å². The van der Waals surface area contributed by atoms with E-state index in [9.17, 15) is 9.90 Å². The lowest BCUT2D eigenvalue weighted by Crippen LogP contribution is -3.18. The third-order valence-corrected chi connectivity index (χ3v) is 5.44. The molecule has 2 saturated heterocycles. The molecule has 0 amide bonds. The minimum atomic E-state index is -0.562. The molecule has 3 atom stereocenters. The maximum atomic E-state index is 12.5. The number of esters is 1. The summed E-state index contributed by atoms with van der Waals surface area (Å²) in [4.78, 5) is 14.1. The van der Waals surface area contributed by atoms with Gasteiger partial charge in [-0.1, -0.05) is 30.3 Å². The molecule has 0 aliphatic carbocycles. The molecule has 2 heterocycles. The number of quaternary nitrogens is 1. The predicted octanol–water partition coefficient (Wildman–Crippen LogP) is 0.904. The molecule has 2 bridgehead atoms. The van der Waals surface area contributed by atoms with Gasteiger partial charge >= 0.3 is 5.97 Å². The second kappa shape index (κ2) is 6.80.